The molecular formula is C8H15BF3-. The summed E-state index contributed by atoms with van der Waals surface area (Å²) in [6.07, 6.45) is 5.38. The SMILES string of the molecule is F[B-](F)(F)CCC1CCCCC1. The van der Waals surface area contributed by atoms with Crippen LogP contribution in [-0.4, -0.2) is 6.98 Å². The van der Waals surface area contributed by atoms with Crippen LogP contribution in [0.3, 0.4) is 0 Å². The third-order valence-electron chi connectivity index (χ3n) is 2.63. The van der Waals surface area contributed by atoms with Crippen LogP contribution in [-0.2, 0) is 0 Å². The van der Waals surface area contributed by atoms with Gasteiger partial charge in [-0.05, 0) is 5.92 Å². The summed E-state index contributed by atoms with van der Waals surface area (Å²) >= 11 is 0. The number of halogens is 3. The maximum Gasteiger partial charge on any atom is 0.478 e. The molecule has 0 bridgehead atoms. The van der Waals surface area contributed by atoms with Crippen LogP contribution in [0.25, 0.3) is 0 Å². The summed E-state index contributed by atoms with van der Waals surface area (Å²) in [6, 6.07) is 0. The molecule has 0 spiro atoms. The third-order valence-corrected chi connectivity index (χ3v) is 2.63. The number of hydrogen-bond acceptors (Lipinski definition) is 0. The Labute approximate surface area is 71.6 Å². The fourth-order valence-electron chi connectivity index (χ4n) is 1.90. The second-order valence-electron chi connectivity index (χ2n) is 3.79. The average Bonchev–Trinajstić information content (AvgIpc) is 2.02. The third kappa shape index (κ3) is 4.03. The zero-order valence-corrected chi connectivity index (χ0v) is 7.24. The monoisotopic (exact) mass is 179 g/mol. The molecule has 1 aliphatic carbocycles. The van der Waals surface area contributed by atoms with Gasteiger partial charge in [-0.15, -0.1) is 0 Å². The van der Waals surface area contributed by atoms with E-state index in [2.05, 4.69) is 0 Å². The van der Waals surface area contributed by atoms with E-state index in [1.807, 2.05) is 0 Å². The van der Waals surface area contributed by atoms with Crippen LogP contribution < -0.4 is 0 Å². The first kappa shape index (κ1) is 9.94. The van der Waals surface area contributed by atoms with Crippen LogP contribution >= 0.6 is 0 Å². The molecule has 1 saturated carbocycles. The van der Waals surface area contributed by atoms with Gasteiger partial charge in [0, 0.05) is 0 Å². The van der Waals surface area contributed by atoms with E-state index in [1.54, 1.807) is 0 Å². The summed E-state index contributed by atoms with van der Waals surface area (Å²) in [5, 5.41) is 0. The zero-order valence-electron chi connectivity index (χ0n) is 7.24. The molecule has 0 nitrogen and oxygen atoms in total. The smallest absolute Gasteiger partial charge is 0.449 e. The van der Waals surface area contributed by atoms with Crippen molar-refractivity contribution >= 4 is 6.98 Å². The first-order chi connectivity index (χ1) is 5.58. The van der Waals surface area contributed by atoms with Gasteiger partial charge in [-0.25, -0.2) is 0 Å². The van der Waals surface area contributed by atoms with Crippen LogP contribution in [0.1, 0.15) is 38.5 Å². The largest absolute Gasteiger partial charge is 0.478 e. The summed E-state index contributed by atoms with van der Waals surface area (Å²) in [5.74, 6) is 0.363. The molecule has 0 aliphatic heterocycles. The van der Waals surface area contributed by atoms with Gasteiger partial charge < -0.3 is 12.9 Å². The van der Waals surface area contributed by atoms with Crippen LogP contribution in [0.2, 0.25) is 6.32 Å². The van der Waals surface area contributed by atoms with Gasteiger partial charge in [0.2, 0.25) is 0 Å². The highest BCUT2D eigenvalue weighted by atomic mass is 19.4. The normalized spacial score (nSPS) is 21.2. The minimum Gasteiger partial charge on any atom is -0.449 e. The van der Waals surface area contributed by atoms with Crippen molar-refractivity contribution in [1.82, 2.24) is 0 Å². The molecule has 72 valence electrons. The second kappa shape index (κ2) is 4.19. The second-order valence-corrected chi connectivity index (χ2v) is 3.79. The van der Waals surface area contributed by atoms with Crippen LogP contribution in [0.15, 0.2) is 0 Å². The van der Waals surface area contributed by atoms with Crippen LogP contribution in [0.5, 0.6) is 0 Å². The van der Waals surface area contributed by atoms with Crippen molar-refractivity contribution in [3.63, 3.8) is 0 Å². The molecule has 0 atom stereocenters. The Kier molecular flexibility index (Phi) is 3.47. The molecule has 0 radical (unpaired) electrons. The fraction of sp³-hybridized carbons (Fsp3) is 1.00. The molecule has 0 amide bonds. The highest BCUT2D eigenvalue weighted by Gasteiger charge is 2.24. The molecule has 1 fully saturated rings. The molecule has 0 aromatic rings. The highest BCUT2D eigenvalue weighted by molar-refractivity contribution is 6.58. The molecule has 0 saturated heterocycles. The lowest BCUT2D eigenvalue weighted by molar-refractivity contribution is 0.336. The Morgan fingerprint density at radius 1 is 1.00 bits per heavy atom. The van der Waals surface area contributed by atoms with E-state index in [4.69, 9.17) is 0 Å². The van der Waals surface area contributed by atoms with E-state index in [9.17, 15) is 12.9 Å². The van der Waals surface area contributed by atoms with Gasteiger partial charge in [0.1, 0.15) is 0 Å². The summed E-state index contributed by atoms with van der Waals surface area (Å²) in [4.78, 5) is 0. The molecule has 0 unspecified atom stereocenters. The number of hydrogen-bond donors (Lipinski definition) is 0. The van der Waals surface area contributed by atoms with Gasteiger partial charge in [-0.3, -0.25) is 0 Å². The Morgan fingerprint density at radius 3 is 2.08 bits per heavy atom. The van der Waals surface area contributed by atoms with Crippen molar-refractivity contribution < 1.29 is 12.9 Å². The quantitative estimate of drug-likeness (QED) is 0.578. The van der Waals surface area contributed by atoms with Gasteiger partial charge in [0.05, 0.1) is 0 Å². The van der Waals surface area contributed by atoms with Crippen molar-refractivity contribution in [3.05, 3.63) is 0 Å². The lowest BCUT2D eigenvalue weighted by Gasteiger charge is -2.23. The molecule has 0 N–H and O–H groups in total. The van der Waals surface area contributed by atoms with E-state index in [0.29, 0.717) is 12.3 Å². The maximum atomic E-state index is 11.9. The van der Waals surface area contributed by atoms with E-state index < -0.39 is 13.3 Å². The van der Waals surface area contributed by atoms with Crippen LogP contribution in [0.4, 0.5) is 12.9 Å². The van der Waals surface area contributed by atoms with Gasteiger partial charge >= 0.3 is 6.98 Å². The van der Waals surface area contributed by atoms with Crippen molar-refractivity contribution in [2.24, 2.45) is 5.92 Å². The predicted octanol–water partition coefficient (Wildman–Crippen LogP) is 3.80. The Morgan fingerprint density at radius 2 is 1.58 bits per heavy atom. The van der Waals surface area contributed by atoms with E-state index in [0.717, 1.165) is 25.7 Å². The standard InChI is InChI=1S/C8H15BF3/c10-9(11,12)7-6-8-4-2-1-3-5-8/h8H,1-7H2/q-1. The topological polar surface area (TPSA) is 0 Å². The molecule has 0 aromatic carbocycles. The summed E-state index contributed by atoms with van der Waals surface area (Å²) in [7, 11) is 0. The molecule has 4 heteroatoms. The predicted molar refractivity (Wildman–Crippen MR) is 45.1 cm³/mol. The van der Waals surface area contributed by atoms with E-state index >= 15 is 0 Å². The lowest BCUT2D eigenvalue weighted by Crippen LogP contribution is -2.17. The molecule has 1 rings (SSSR count). The number of rotatable bonds is 3. The first-order valence-corrected chi connectivity index (χ1v) is 4.79. The molecule has 1 aliphatic rings. The highest BCUT2D eigenvalue weighted by Crippen LogP contribution is 2.30. The van der Waals surface area contributed by atoms with Crippen molar-refractivity contribution in [1.29, 1.82) is 0 Å². The maximum absolute atomic E-state index is 11.9. The molecule has 12 heavy (non-hydrogen) atoms. The lowest BCUT2D eigenvalue weighted by atomic mass is 9.77. The van der Waals surface area contributed by atoms with Gasteiger partial charge in [-0.1, -0.05) is 44.8 Å². The van der Waals surface area contributed by atoms with Gasteiger partial charge in [-0.2, -0.15) is 0 Å². The Balaban J connectivity index is 2.13. The van der Waals surface area contributed by atoms with E-state index in [-0.39, 0.29) is 0 Å². The fourth-order valence-corrected chi connectivity index (χ4v) is 1.90. The van der Waals surface area contributed by atoms with Crippen molar-refractivity contribution in [2.75, 3.05) is 0 Å². The van der Waals surface area contributed by atoms with Crippen LogP contribution in [0, 0.1) is 5.92 Å². The minimum atomic E-state index is -4.53. The zero-order chi connectivity index (χ0) is 9.03. The summed E-state index contributed by atoms with van der Waals surface area (Å²) < 4.78 is 35.6. The first-order valence-electron chi connectivity index (χ1n) is 4.79. The molecular weight excluding hydrogens is 164 g/mol. The van der Waals surface area contributed by atoms with Gasteiger partial charge in [0.15, 0.2) is 0 Å². The summed E-state index contributed by atoms with van der Waals surface area (Å²) in [5.41, 5.74) is 0. The average molecular weight is 179 g/mol. The summed E-state index contributed by atoms with van der Waals surface area (Å²) in [6.45, 7) is -4.53. The molecule has 0 heterocycles. The minimum absolute atomic E-state index is 0.363. The molecule has 0 aromatic heterocycles. The Bertz CT molecular complexity index is 127. The van der Waals surface area contributed by atoms with Gasteiger partial charge in [0.25, 0.3) is 0 Å². The van der Waals surface area contributed by atoms with E-state index in [1.165, 1.54) is 6.42 Å². The van der Waals surface area contributed by atoms with Crippen molar-refractivity contribution in [2.45, 2.75) is 44.8 Å². The Hall–Kier alpha value is -0.145. The van der Waals surface area contributed by atoms with Crippen molar-refractivity contribution in [3.8, 4) is 0 Å².